The van der Waals surface area contributed by atoms with Gasteiger partial charge < -0.3 is 4.57 Å². The number of nitrogens with zero attached hydrogens (tertiary/aromatic N) is 1. The summed E-state index contributed by atoms with van der Waals surface area (Å²) in [7, 11) is 1.86. The topological polar surface area (TPSA) is 84.4 Å². The van der Waals surface area contributed by atoms with Crippen LogP contribution in [-0.4, -0.2) is 16.5 Å². The molecule has 7 nitrogen and oxygen atoms in total. The normalized spacial score (nSPS) is 10.4. The van der Waals surface area contributed by atoms with Crippen LogP contribution in [-0.2, 0) is 18.5 Å². The van der Waals surface area contributed by atoms with E-state index in [4.69, 9.17) is 4.84 Å². The fourth-order valence-electron chi connectivity index (χ4n) is 2.49. The zero-order valence-electron chi connectivity index (χ0n) is 13.7. The molecular formula is C18H18N4O3. The number of aryl methyl sites for hydroxylation is 1. The average Bonchev–Trinajstić information content (AvgIpc) is 2.98. The van der Waals surface area contributed by atoms with Crippen LogP contribution >= 0.6 is 0 Å². The minimum absolute atomic E-state index is 0.228. The lowest BCUT2D eigenvalue weighted by atomic mass is 10.2. The number of hydrazine groups is 1. The van der Waals surface area contributed by atoms with Gasteiger partial charge in [0.15, 0.2) is 0 Å². The van der Waals surface area contributed by atoms with Gasteiger partial charge in [-0.3, -0.25) is 15.1 Å². The Morgan fingerprint density at radius 3 is 2.52 bits per heavy atom. The van der Waals surface area contributed by atoms with Crippen molar-refractivity contribution in [2.24, 2.45) is 7.05 Å². The van der Waals surface area contributed by atoms with Crippen LogP contribution in [0.5, 0.6) is 0 Å². The highest BCUT2D eigenvalue weighted by Gasteiger charge is 2.14. The zero-order chi connectivity index (χ0) is 17.6. The molecule has 0 aliphatic rings. The molecule has 3 N–H and O–H groups in total. The predicted molar refractivity (Wildman–Crippen MR) is 93.3 cm³/mol. The highest BCUT2D eigenvalue weighted by Crippen LogP contribution is 2.19. The van der Waals surface area contributed by atoms with Gasteiger partial charge in [0.05, 0.1) is 12.2 Å². The molecule has 0 unspecified atom stereocenters. The number of hydrogen-bond donors (Lipinski definition) is 3. The molecule has 3 rings (SSSR count). The van der Waals surface area contributed by atoms with Crippen LogP contribution in [0.25, 0.3) is 10.9 Å². The minimum Gasteiger partial charge on any atom is -0.350 e. The Bertz CT molecular complexity index is 890. The van der Waals surface area contributed by atoms with Gasteiger partial charge in [-0.15, -0.1) is 0 Å². The Balaban J connectivity index is 1.50. The summed E-state index contributed by atoms with van der Waals surface area (Å²) in [4.78, 5) is 29.0. The Morgan fingerprint density at radius 2 is 1.72 bits per heavy atom. The Morgan fingerprint density at radius 1 is 1.00 bits per heavy atom. The monoisotopic (exact) mass is 338 g/mol. The van der Waals surface area contributed by atoms with Crippen molar-refractivity contribution in [2.45, 2.75) is 6.61 Å². The van der Waals surface area contributed by atoms with Gasteiger partial charge in [-0.2, -0.15) is 0 Å². The van der Waals surface area contributed by atoms with Gasteiger partial charge in [-0.1, -0.05) is 48.5 Å². The molecular weight excluding hydrogens is 320 g/mol. The van der Waals surface area contributed by atoms with Crippen LogP contribution in [0.4, 0.5) is 4.79 Å². The summed E-state index contributed by atoms with van der Waals surface area (Å²) in [5, 5.41) is 0.810. The molecule has 0 radical (unpaired) electrons. The minimum atomic E-state index is -0.662. The van der Waals surface area contributed by atoms with Crippen LogP contribution in [0.2, 0.25) is 0 Å². The van der Waals surface area contributed by atoms with E-state index < -0.39 is 11.9 Å². The number of carbonyl (C=O) groups excluding carboxylic acids is 2. The number of aromatic nitrogens is 1. The first-order valence-corrected chi connectivity index (χ1v) is 7.71. The summed E-state index contributed by atoms with van der Waals surface area (Å²) in [5.41, 5.74) is 9.15. The summed E-state index contributed by atoms with van der Waals surface area (Å²) in [6.07, 6.45) is 1.71. The molecule has 0 aliphatic heterocycles. The van der Waals surface area contributed by atoms with Crippen molar-refractivity contribution in [1.82, 2.24) is 20.9 Å². The number of carbonyl (C=O) groups is 2. The van der Waals surface area contributed by atoms with Gasteiger partial charge in [0, 0.05) is 24.1 Å². The molecule has 1 heterocycles. The second-order valence-electron chi connectivity index (χ2n) is 5.46. The Hall–Kier alpha value is -3.32. The lowest BCUT2D eigenvalue weighted by Crippen LogP contribution is -2.46. The molecule has 0 saturated heterocycles. The lowest BCUT2D eigenvalue weighted by molar-refractivity contribution is 0.0474. The summed E-state index contributed by atoms with van der Waals surface area (Å²) < 4.78 is 1.85. The molecule has 2 aromatic carbocycles. The van der Waals surface area contributed by atoms with E-state index in [-0.39, 0.29) is 6.61 Å². The summed E-state index contributed by atoms with van der Waals surface area (Å²) in [6, 6.07) is 16.3. The highest BCUT2D eigenvalue weighted by atomic mass is 16.7. The number of hydroxylamine groups is 1. The van der Waals surface area contributed by atoms with Crippen LogP contribution in [0.15, 0.2) is 60.8 Å². The van der Waals surface area contributed by atoms with Crippen LogP contribution in [0.3, 0.4) is 0 Å². The van der Waals surface area contributed by atoms with Crippen molar-refractivity contribution < 1.29 is 14.4 Å². The molecule has 0 aliphatic carbocycles. The summed E-state index contributed by atoms with van der Waals surface area (Å²) >= 11 is 0. The van der Waals surface area contributed by atoms with E-state index in [1.165, 1.54) is 0 Å². The Kier molecular flexibility index (Phi) is 4.96. The quantitative estimate of drug-likeness (QED) is 0.638. The predicted octanol–water partition coefficient (Wildman–Crippen LogP) is 2.25. The number of para-hydroxylation sites is 1. The fraction of sp³-hybridized carbons (Fsp3) is 0.111. The van der Waals surface area contributed by atoms with E-state index in [9.17, 15) is 9.59 Å². The maximum Gasteiger partial charge on any atom is 0.357 e. The third-order valence-electron chi connectivity index (χ3n) is 3.68. The van der Waals surface area contributed by atoms with Gasteiger partial charge in [0.1, 0.15) is 0 Å². The number of benzene rings is 2. The van der Waals surface area contributed by atoms with Crippen molar-refractivity contribution >= 4 is 22.8 Å². The number of amides is 3. The van der Waals surface area contributed by atoms with Crippen LogP contribution in [0.1, 0.15) is 15.9 Å². The van der Waals surface area contributed by atoms with Gasteiger partial charge in [0.25, 0.3) is 5.91 Å². The smallest absolute Gasteiger partial charge is 0.350 e. The second kappa shape index (κ2) is 7.50. The van der Waals surface area contributed by atoms with Crippen molar-refractivity contribution in [1.29, 1.82) is 0 Å². The number of nitrogens with one attached hydrogen (secondary N) is 3. The SMILES string of the molecule is Cn1cc(C(=O)NNC(=O)NOCc2ccccc2)c2ccccc21. The van der Waals surface area contributed by atoms with Crippen molar-refractivity contribution in [3.63, 3.8) is 0 Å². The van der Waals surface area contributed by atoms with Gasteiger partial charge in [0.2, 0.25) is 0 Å². The van der Waals surface area contributed by atoms with E-state index in [1.54, 1.807) is 6.20 Å². The first kappa shape index (κ1) is 16.5. The van der Waals surface area contributed by atoms with Crippen molar-refractivity contribution in [3.05, 3.63) is 71.9 Å². The van der Waals surface area contributed by atoms with Crippen molar-refractivity contribution in [2.75, 3.05) is 0 Å². The molecule has 0 bridgehead atoms. The van der Waals surface area contributed by atoms with Gasteiger partial charge in [-0.05, 0) is 11.6 Å². The largest absolute Gasteiger partial charge is 0.357 e. The van der Waals surface area contributed by atoms with Gasteiger partial charge >= 0.3 is 6.03 Å². The molecule has 0 fully saturated rings. The number of fused-ring (bicyclic) bond motifs is 1. The van der Waals surface area contributed by atoms with E-state index in [0.717, 1.165) is 16.5 Å². The standard InChI is InChI=1S/C18H18N4O3/c1-22-11-15(14-9-5-6-10-16(14)22)17(23)19-20-18(24)21-25-12-13-7-3-2-4-8-13/h2-11H,12H2,1H3,(H,19,23)(H2,20,21,24). The summed E-state index contributed by atoms with van der Waals surface area (Å²) in [6.45, 7) is 0.228. The molecule has 128 valence electrons. The second-order valence-corrected chi connectivity index (χ2v) is 5.46. The third-order valence-corrected chi connectivity index (χ3v) is 3.68. The van der Waals surface area contributed by atoms with E-state index in [0.29, 0.717) is 5.56 Å². The molecule has 25 heavy (non-hydrogen) atoms. The van der Waals surface area contributed by atoms with Crippen LogP contribution in [0, 0.1) is 0 Å². The third kappa shape index (κ3) is 3.96. The lowest BCUT2D eigenvalue weighted by Gasteiger charge is -2.08. The first-order chi connectivity index (χ1) is 12.1. The maximum atomic E-state index is 12.3. The average molecular weight is 338 g/mol. The maximum absolute atomic E-state index is 12.3. The van der Waals surface area contributed by atoms with Crippen LogP contribution < -0.4 is 16.3 Å². The molecule has 7 heteroatoms. The summed E-state index contributed by atoms with van der Waals surface area (Å²) in [5.74, 6) is -0.407. The fourth-order valence-corrected chi connectivity index (χ4v) is 2.49. The molecule has 3 amide bonds. The molecule has 0 spiro atoms. The number of urea groups is 1. The van der Waals surface area contributed by atoms with Crippen molar-refractivity contribution in [3.8, 4) is 0 Å². The first-order valence-electron chi connectivity index (χ1n) is 7.71. The van der Waals surface area contributed by atoms with Gasteiger partial charge in [-0.25, -0.2) is 15.7 Å². The van der Waals surface area contributed by atoms with E-state index in [1.807, 2.05) is 66.2 Å². The van der Waals surface area contributed by atoms with E-state index >= 15 is 0 Å². The number of hydrogen-bond acceptors (Lipinski definition) is 3. The molecule has 3 aromatic rings. The van der Waals surface area contributed by atoms with E-state index in [2.05, 4.69) is 16.3 Å². The zero-order valence-corrected chi connectivity index (χ0v) is 13.7. The molecule has 1 aromatic heterocycles. The highest BCUT2D eigenvalue weighted by molar-refractivity contribution is 6.07. The Labute approximate surface area is 144 Å². The molecule has 0 atom stereocenters. The molecule has 0 saturated carbocycles. The number of rotatable bonds is 4.